The number of hydrogen-bond donors (Lipinski definition) is 2. The van der Waals surface area contributed by atoms with Crippen molar-refractivity contribution in [2.45, 2.75) is 32.8 Å². The van der Waals surface area contributed by atoms with Crippen molar-refractivity contribution in [1.82, 2.24) is 9.80 Å². The molecule has 1 saturated heterocycles. The lowest BCUT2D eigenvalue weighted by Crippen LogP contribution is -2.52. The van der Waals surface area contributed by atoms with Crippen LogP contribution in [-0.2, 0) is 16.0 Å². The summed E-state index contributed by atoms with van der Waals surface area (Å²) in [6.45, 7) is 6.56. The van der Waals surface area contributed by atoms with Crippen molar-refractivity contribution in [2.75, 3.05) is 38.0 Å². The Kier molecular flexibility index (Phi) is 7.60. The number of nitrogens with one attached hydrogen (secondary N) is 1. The quantitative estimate of drug-likeness (QED) is 0.737. The molecule has 0 aromatic heterocycles. The molecule has 1 heterocycles. The molecule has 3 rings (SSSR count). The Morgan fingerprint density at radius 1 is 0.967 bits per heavy atom. The van der Waals surface area contributed by atoms with Gasteiger partial charge in [-0.15, -0.1) is 0 Å². The largest absolute Gasteiger partial charge is 0.383 e. The van der Waals surface area contributed by atoms with Gasteiger partial charge in [0.05, 0.1) is 6.54 Å². The van der Waals surface area contributed by atoms with Gasteiger partial charge in [-0.2, -0.15) is 0 Å². The highest BCUT2D eigenvalue weighted by atomic mass is 16.3. The summed E-state index contributed by atoms with van der Waals surface area (Å²) in [5, 5.41) is 13.3. The minimum Gasteiger partial charge on any atom is -0.383 e. The number of carbonyl (C=O) groups excluding carboxylic acids is 2. The van der Waals surface area contributed by atoms with E-state index in [4.69, 9.17) is 0 Å². The van der Waals surface area contributed by atoms with Crippen LogP contribution in [0.4, 0.5) is 5.69 Å². The van der Waals surface area contributed by atoms with Gasteiger partial charge in [0.25, 0.3) is 5.91 Å². The van der Waals surface area contributed by atoms with Crippen LogP contribution in [0.2, 0.25) is 0 Å². The van der Waals surface area contributed by atoms with Gasteiger partial charge in [-0.3, -0.25) is 14.5 Å². The molecular formula is C24H31N3O3. The molecule has 6 nitrogen and oxygen atoms in total. The molecule has 1 aliphatic heterocycles. The maximum atomic E-state index is 12.5. The maximum absolute atomic E-state index is 12.5. The molecule has 0 radical (unpaired) electrons. The van der Waals surface area contributed by atoms with Gasteiger partial charge in [0.2, 0.25) is 5.91 Å². The molecule has 2 N–H and O–H groups in total. The lowest BCUT2D eigenvalue weighted by Gasteiger charge is -2.35. The molecule has 0 unspecified atom stereocenters. The Bertz CT molecular complexity index is 841. The minimum atomic E-state index is -0.982. The molecule has 2 aromatic rings. The number of piperazine rings is 1. The second-order valence-electron chi connectivity index (χ2n) is 7.96. The fourth-order valence-corrected chi connectivity index (χ4v) is 3.80. The molecule has 160 valence electrons. The van der Waals surface area contributed by atoms with Gasteiger partial charge in [0.15, 0.2) is 0 Å². The first-order chi connectivity index (χ1) is 14.4. The second-order valence-corrected chi connectivity index (χ2v) is 7.96. The van der Waals surface area contributed by atoms with Crippen LogP contribution in [0.5, 0.6) is 0 Å². The zero-order valence-electron chi connectivity index (χ0n) is 17.8. The van der Waals surface area contributed by atoms with Gasteiger partial charge < -0.3 is 15.3 Å². The lowest BCUT2D eigenvalue weighted by atomic mass is 10.1. The fraction of sp³-hybridized carbons (Fsp3) is 0.417. The number of amides is 2. The average molecular weight is 410 g/mol. The van der Waals surface area contributed by atoms with Gasteiger partial charge in [0, 0.05) is 31.9 Å². The Hall–Kier alpha value is -2.70. The lowest BCUT2D eigenvalue weighted by molar-refractivity contribution is -0.142. The summed E-state index contributed by atoms with van der Waals surface area (Å²) in [6.07, 6.45) is 0.108. The zero-order valence-corrected chi connectivity index (χ0v) is 17.8. The first-order valence-corrected chi connectivity index (χ1v) is 10.5. The van der Waals surface area contributed by atoms with Gasteiger partial charge in [-0.1, -0.05) is 48.5 Å². The molecule has 1 atom stereocenters. The molecule has 30 heavy (non-hydrogen) atoms. The number of para-hydroxylation sites is 1. The van der Waals surface area contributed by atoms with E-state index in [1.807, 2.05) is 67.3 Å². The maximum Gasteiger partial charge on any atom is 0.251 e. The molecule has 0 bridgehead atoms. The molecular weight excluding hydrogens is 378 g/mol. The molecule has 2 amide bonds. The fourth-order valence-electron chi connectivity index (χ4n) is 3.80. The highest BCUT2D eigenvalue weighted by Crippen LogP contribution is 2.19. The third-order valence-electron chi connectivity index (χ3n) is 5.63. The summed E-state index contributed by atoms with van der Waals surface area (Å²) >= 11 is 0. The van der Waals surface area contributed by atoms with E-state index in [-0.39, 0.29) is 11.8 Å². The Labute approximate surface area is 178 Å². The van der Waals surface area contributed by atoms with Gasteiger partial charge >= 0.3 is 0 Å². The highest BCUT2D eigenvalue weighted by Gasteiger charge is 2.26. The molecule has 1 aliphatic rings. The summed E-state index contributed by atoms with van der Waals surface area (Å²) in [5.74, 6) is -0.263. The number of aryl methyl sites for hydroxylation is 3. The predicted molar refractivity (Wildman–Crippen MR) is 118 cm³/mol. The summed E-state index contributed by atoms with van der Waals surface area (Å²) in [4.78, 5) is 28.7. The number of carbonyl (C=O) groups is 2. The van der Waals surface area contributed by atoms with Crippen LogP contribution in [-0.4, -0.2) is 65.5 Å². The third kappa shape index (κ3) is 5.90. The summed E-state index contributed by atoms with van der Waals surface area (Å²) < 4.78 is 0. The van der Waals surface area contributed by atoms with Crippen LogP contribution < -0.4 is 5.32 Å². The van der Waals surface area contributed by atoms with E-state index in [0.717, 1.165) is 22.4 Å². The number of nitrogens with zero attached hydrogens (tertiary/aromatic N) is 2. The Morgan fingerprint density at radius 3 is 2.23 bits per heavy atom. The minimum absolute atomic E-state index is 0.0462. The monoisotopic (exact) mass is 409 g/mol. The molecule has 0 saturated carbocycles. The van der Waals surface area contributed by atoms with Crippen molar-refractivity contribution in [3.63, 3.8) is 0 Å². The van der Waals surface area contributed by atoms with E-state index in [1.54, 1.807) is 4.90 Å². The van der Waals surface area contributed by atoms with Crippen LogP contribution in [0.15, 0.2) is 48.5 Å². The van der Waals surface area contributed by atoms with E-state index in [2.05, 4.69) is 5.32 Å². The van der Waals surface area contributed by atoms with E-state index >= 15 is 0 Å². The molecule has 0 spiro atoms. The van der Waals surface area contributed by atoms with Crippen LogP contribution in [0.1, 0.15) is 23.1 Å². The average Bonchev–Trinajstić information content (AvgIpc) is 2.75. The molecule has 1 fully saturated rings. The molecule has 6 heteroatoms. The Balaban J connectivity index is 1.42. The van der Waals surface area contributed by atoms with Gasteiger partial charge in [-0.25, -0.2) is 0 Å². The first-order valence-electron chi connectivity index (χ1n) is 10.5. The van der Waals surface area contributed by atoms with Gasteiger partial charge in [0.1, 0.15) is 6.10 Å². The molecule has 0 aliphatic carbocycles. The van der Waals surface area contributed by atoms with Crippen molar-refractivity contribution in [3.8, 4) is 0 Å². The summed E-state index contributed by atoms with van der Waals surface area (Å²) in [5.41, 5.74) is 4.08. The van der Waals surface area contributed by atoms with E-state index in [9.17, 15) is 14.7 Å². The number of anilines is 1. The van der Waals surface area contributed by atoms with E-state index in [1.165, 1.54) is 0 Å². The van der Waals surface area contributed by atoms with Crippen LogP contribution in [0, 0.1) is 13.8 Å². The van der Waals surface area contributed by atoms with Crippen molar-refractivity contribution < 1.29 is 14.7 Å². The Morgan fingerprint density at radius 2 is 1.60 bits per heavy atom. The number of aliphatic hydroxyl groups is 1. The topological polar surface area (TPSA) is 72.9 Å². The van der Waals surface area contributed by atoms with Gasteiger partial charge in [-0.05, 0) is 43.4 Å². The highest BCUT2D eigenvalue weighted by molar-refractivity contribution is 5.93. The number of benzene rings is 2. The first kappa shape index (κ1) is 22.0. The van der Waals surface area contributed by atoms with E-state index in [0.29, 0.717) is 45.6 Å². The smallest absolute Gasteiger partial charge is 0.251 e. The second kappa shape index (κ2) is 10.4. The standard InChI is InChI=1S/C24H31N3O3/c1-18-7-6-8-19(2)23(18)25-22(29)17-26-13-15-27(16-14-26)24(30)21(28)12-11-20-9-4-3-5-10-20/h3-10,21,28H,11-17H2,1-2H3,(H,25,29)/t21-/m1/s1. The zero-order chi connectivity index (χ0) is 21.5. The van der Waals surface area contributed by atoms with Crippen LogP contribution >= 0.6 is 0 Å². The predicted octanol–water partition coefficient (Wildman–Crippen LogP) is 2.38. The van der Waals surface area contributed by atoms with Crippen LogP contribution in [0.3, 0.4) is 0 Å². The van der Waals surface area contributed by atoms with Crippen molar-refractivity contribution in [1.29, 1.82) is 0 Å². The van der Waals surface area contributed by atoms with Crippen LogP contribution in [0.25, 0.3) is 0 Å². The number of aliphatic hydroxyl groups excluding tert-OH is 1. The summed E-state index contributed by atoms with van der Waals surface area (Å²) in [6, 6.07) is 15.8. The van der Waals surface area contributed by atoms with E-state index < -0.39 is 6.10 Å². The normalized spacial score (nSPS) is 15.6. The third-order valence-corrected chi connectivity index (χ3v) is 5.63. The van der Waals surface area contributed by atoms with Crippen molar-refractivity contribution in [3.05, 3.63) is 65.2 Å². The molecule has 2 aromatic carbocycles. The SMILES string of the molecule is Cc1cccc(C)c1NC(=O)CN1CCN(C(=O)[C@H](O)CCc2ccccc2)CC1. The number of hydrogen-bond acceptors (Lipinski definition) is 4. The van der Waals surface area contributed by atoms with Crippen molar-refractivity contribution in [2.24, 2.45) is 0 Å². The van der Waals surface area contributed by atoms with Crippen molar-refractivity contribution >= 4 is 17.5 Å². The summed E-state index contributed by atoms with van der Waals surface area (Å²) in [7, 11) is 0. The number of rotatable bonds is 7.